The van der Waals surface area contributed by atoms with Crippen molar-refractivity contribution in [1.82, 2.24) is 5.32 Å². The second kappa shape index (κ2) is 6.22. The van der Waals surface area contributed by atoms with Gasteiger partial charge in [0.2, 0.25) is 0 Å². The van der Waals surface area contributed by atoms with Crippen molar-refractivity contribution < 1.29 is 0 Å². The molecule has 0 aromatic carbocycles. The van der Waals surface area contributed by atoms with E-state index in [0.717, 1.165) is 29.7 Å². The minimum atomic E-state index is 0.815. The number of rotatable bonds is 3. The van der Waals surface area contributed by atoms with Crippen molar-refractivity contribution in [2.75, 3.05) is 7.05 Å². The van der Waals surface area contributed by atoms with Gasteiger partial charge in [-0.15, -0.1) is 0 Å². The van der Waals surface area contributed by atoms with Gasteiger partial charge in [-0.05, 0) is 56.4 Å². The van der Waals surface area contributed by atoms with E-state index in [2.05, 4.69) is 26.2 Å². The Balaban J connectivity index is 1.87. The van der Waals surface area contributed by atoms with Gasteiger partial charge in [0.15, 0.2) is 0 Å². The van der Waals surface area contributed by atoms with E-state index in [1.54, 1.807) is 0 Å². The summed E-state index contributed by atoms with van der Waals surface area (Å²) in [5.41, 5.74) is 0. The van der Waals surface area contributed by atoms with Crippen LogP contribution in [0.1, 0.15) is 65.2 Å². The van der Waals surface area contributed by atoms with Crippen LogP contribution in [0.4, 0.5) is 0 Å². The monoisotopic (exact) mass is 237 g/mol. The average Bonchev–Trinajstić information content (AvgIpc) is 2.35. The van der Waals surface area contributed by atoms with Crippen molar-refractivity contribution in [2.24, 2.45) is 23.7 Å². The zero-order valence-electron chi connectivity index (χ0n) is 12.0. The van der Waals surface area contributed by atoms with E-state index in [-0.39, 0.29) is 0 Å². The molecule has 0 unspecified atom stereocenters. The Morgan fingerprint density at radius 2 is 1.06 bits per heavy atom. The van der Waals surface area contributed by atoms with Crippen LogP contribution in [0.3, 0.4) is 0 Å². The number of hydrogen-bond donors (Lipinski definition) is 1. The Hall–Kier alpha value is -0.0400. The van der Waals surface area contributed by atoms with Crippen LogP contribution < -0.4 is 5.32 Å². The Labute approximate surface area is 108 Å². The molecule has 17 heavy (non-hydrogen) atoms. The van der Waals surface area contributed by atoms with Crippen LogP contribution in [0.2, 0.25) is 0 Å². The van der Waals surface area contributed by atoms with Gasteiger partial charge < -0.3 is 5.32 Å². The van der Waals surface area contributed by atoms with Gasteiger partial charge in [-0.3, -0.25) is 0 Å². The first-order chi connectivity index (χ1) is 8.20. The maximum Gasteiger partial charge on any atom is 0.0121 e. The summed E-state index contributed by atoms with van der Waals surface area (Å²) in [4.78, 5) is 0. The molecule has 0 amide bonds. The minimum Gasteiger partial charge on any atom is -0.316 e. The van der Waals surface area contributed by atoms with Crippen LogP contribution in [0.25, 0.3) is 0 Å². The highest BCUT2D eigenvalue weighted by molar-refractivity contribution is 4.87. The fraction of sp³-hybridized carbons (Fsp3) is 1.00. The Morgan fingerprint density at radius 1 is 0.706 bits per heavy atom. The third kappa shape index (κ3) is 3.47. The van der Waals surface area contributed by atoms with Crippen LogP contribution in [0, 0.1) is 23.7 Å². The molecular formula is C16H31N. The molecule has 1 N–H and O–H groups in total. The van der Waals surface area contributed by atoms with Gasteiger partial charge in [0, 0.05) is 6.04 Å². The summed E-state index contributed by atoms with van der Waals surface area (Å²) >= 11 is 0. The molecule has 0 atom stereocenters. The first-order valence-corrected chi connectivity index (χ1v) is 7.88. The largest absolute Gasteiger partial charge is 0.316 e. The lowest BCUT2D eigenvalue weighted by Crippen LogP contribution is -2.43. The molecule has 0 aromatic rings. The lowest BCUT2D eigenvalue weighted by atomic mass is 9.70. The van der Waals surface area contributed by atoms with Crippen molar-refractivity contribution in [2.45, 2.75) is 71.3 Å². The van der Waals surface area contributed by atoms with E-state index in [1.165, 1.54) is 51.4 Å². The number of nitrogens with one attached hydrogen (secondary N) is 1. The molecule has 100 valence electrons. The van der Waals surface area contributed by atoms with E-state index in [1.807, 2.05) is 0 Å². The van der Waals surface area contributed by atoms with Crippen LogP contribution >= 0.6 is 0 Å². The normalized spacial score (nSPS) is 41.1. The van der Waals surface area contributed by atoms with Crippen molar-refractivity contribution >= 4 is 0 Å². The highest BCUT2D eigenvalue weighted by Crippen LogP contribution is 2.38. The van der Waals surface area contributed by atoms with Crippen LogP contribution in [0.15, 0.2) is 0 Å². The highest BCUT2D eigenvalue weighted by atomic mass is 14.9. The maximum atomic E-state index is 3.67. The first kappa shape index (κ1) is 13.4. The summed E-state index contributed by atoms with van der Waals surface area (Å²) in [5.74, 6) is 3.90. The summed E-state index contributed by atoms with van der Waals surface area (Å²) in [6, 6.07) is 0.815. The second-order valence-electron chi connectivity index (χ2n) is 6.85. The zero-order valence-corrected chi connectivity index (χ0v) is 12.0. The van der Waals surface area contributed by atoms with Gasteiger partial charge in [-0.2, -0.15) is 0 Å². The van der Waals surface area contributed by atoms with Crippen molar-refractivity contribution in [3.05, 3.63) is 0 Å². The van der Waals surface area contributed by atoms with Gasteiger partial charge in [0.25, 0.3) is 0 Å². The third-order valence-electron chi connectivity index (χ3n) is 5.47. The summed E-state index contributed by atoms with van der Waals surface area (Å²) in [7, 11) is 2.20. The fourth-order valence-electron chi connectivity index (χ4n) is 4.15. The molecule has 2 aliphatic carbocycles. The summed E-state index contributed by atoms with van der Waals surface area (Å²) < 4.78 is 0. The Bertz CT molecular complexity index is 188. The van der Waals surface area contributed by atoms with Gasteiger partial charge in [0.1, 0.15) is 0 Å². The van der Waals surface area contributed by atoms with E-state index in [9.17, 15) is 0 Å². The number of hydrogen-bond acceptors (Lipinski definition) is 1. The lowest BCUT2D eigenvalue weighted by Gasteiger charge is -2.40. The van der Waals surface area contributed by atoms with Crippen LogP contribution in [-0.4, -0.2) is 13.1 Å². The molecule has 0 radical (unpaired) electrons. The minimum absolute atomic E-state index is 0.815. The van der Waals surface area contributed by atoms with Gasteiger partial charge >= 0.3 is 0 Å². The smallest absolute Gasteiger partial charge is 0.0121 e. The van der Waals surface area contributed by atoms with Gasteiger partial charge in [0.05, 0.1) is 0 Å². The standard InChI is InChI=1S/C16H31N/c1-12-4-8-14(9-5-12)16(17-3)15-10-6-13(2)7-11-15/h12-17H,4-11H2,1-3H3. The van der Waals surface area contributed by atoms with Crippen molar-refractivity contribution in [3.63, 3.8) is 0 Å². The molecule has 0 bridgehead atoms. The molecular weight excluding hydrogens is 206 g/mol. The van der Waals surface area contributed by atoms with E-state index in [0.29, 0.717) is 0 Å². The van der Waals surface area contributed by atoms with Crippen molar-refractivity contribution in [1.29, 1.82) is 0 Å². The molecule has 2 saturated carbocycles. The molecule has 0 heterocycles. The SMILES string of the molecule is CNC(C1CCC(C)CC1)C1CCC(C)CC1. The topological polar surface area (TPSA) is 12.0 Å². The lowest BCUT2D eigenvalue weighted by molar-refractivity contribution is 0.150. The molecule has 0 aliphatic heterocycles. The summed E-state index contributed by atoms with van der Waals surface area (Å²) in [5, 5.41) is 3.67. The zero-order chi connectivity index (χ0) is 12.3. The van der Waals surface area contributed by atoms with Gasteiger partial charge in [-0.25, -0.2) is 0 Å². The maximum absolute atomic E-state index is 3.67. The molecule has 0 saturated heterocycles. The highest BCUT2D eigenvalue weighted by Gasteiger charge is 2.32. The van der Waals surface area contributed by atoms with E-state index in [4.69, 9.17) is 0 Å². The molecule has 0 spiro atoms. The molecule has 1 nitrogen and oxygen atoms in total. The van der Waals surface area contributed by atoms with E-state index < -0.39 is 0 Å². The Kier molecular flexibility index (Phi) is 4.90. The van der Waals surface area contributed by atoms with Crippen LogP contribution in [-0.2, 0) is 0 Å². The third-order valence-corrected chi connectivity index (χ3v) is 5.47. The first-order valence-electron chi connectivity index (χ1n) is 7.88. The summed E-state index contributed by atoms with van der Waals surface area (Å²) in [6.07, 6.45) is 11.7. The summed E-state index contributed by atoms with van der Waals surface area (Å²) in [6.45, 7) is 4.85. The van der Waals surface area contributed by atoms with E-state index >= 15 is 0 Å². The molecule has 2 rings (SSSR count). The molecule has 0 aromatic heterocycles. The quantitative estimate of drug-likeness (QED) is 0.774. The fourth-order valence-corrected chi connectivity index (χ4v) is 4.15. The molecule has 2 fully saturated rings. The predicted octanol–water partition coefficient (Wildman–Crippen LogP) is 4.23. The van der Waals surface area contributed by atoms with Crippen molar-refractivity contribution in [3.8, 4) is 0 Å². The van der Waals surface area contributed by atoms with Crippen LogP contribution in [0.5, 0.6) is 0 Å². The van der Waals surface area contributed by atoms with Gasteiger partial charge in [-0.1, -0.05) is 39.5 Å². The molecule has 2 aliphatic rings. The Morgan fingerprint density at radius 3 is 1.35 bits per heavy atom. The second-order valence-corrected chi connectivity index (χ2v) is 6.85. The predicted molar refractivity (Wildman–Crippen MR) is 75.1 cm³/mol. The average molecular weight is 237 g/mol. The molecule has 1 heteroatoms.